The average Bonchev–Trinajstić information content (AvgIpc) is 2.76. The molecule has 0 saturated carbocycles. The second kappa shape index (κ2) is 10.1. The molecule has 0 fully saturated rings. The maximum absolute atomic E-state index is 13.8. The lowest BCUT2D eigenvalue weighted by Gasteiger charge is -2.10. The number of ether oxygens (including phenoxy) is 3. The molecule has 0 aliphatic heterocycles. The molecule has 0 bridgehead atoms. The molecule has 6 nitrogen and oxygen atoms in total. The van der Waals surface area contributed by atoms with E-state index in [0.29, 0.717) is 0 Å². The molecule has 168 valence electrons. The molecule has 0 atom stereocenters. The lowest BCUT2D eigenvalue weighted by molar-refractivity contribution is 0.360. The third kappa shape index (κ3) is 6.01. The maximum atomic E-state index is 13.8. The van der Waals surface area contributed by atoms with Crippen molar-refractivity contribution in [2.24, 2.45) is 0 Å². The summed E-state index contributed by atoms with van der Waals surface area (Å²) < 4.78 is 58.8. The van der Waals surface area contributed by atoms with Crippen LogP contribution in [-0.4, -0.2) is 15.0 Å². The van der Waals surface area contributed by atoms with Gasteiger partial charge in [0, 0.05) is 18.2 Å². The molecule has 0 aliphatic rings. The van der Waals surface area contributed by atoms with E-state index in [1.165, 1.54) is 36.4 Å². The molecule has 4 rings (SSSR count). The molecule has 0 N–H and O–H groups in total. The average molecular weight is 648 g/mol. The van der Waals surface area contributed by atoms with Crippen molar-refractivity contribution in [3.63, 3.8) is 0 Å². The van der Waals surface area contributed by atoms with Crippen LogP contribution in [0.3, 0.4) is 0 Å². The van der Waals surface area contributed by atoms with Crippen LogP contribution in [0, 0.1) is 17.5 Å². The molecular weight excluding hydrogens is 639 g/mol. The predicted octanol–water partition coefficient (Wildman–Crippen LogP) is 7.95. The van der Waals surface area contributed by atoms with E-state index in [4.69, 9.17) is 14.2 Å². The van der Waals surface area contributed by atoms with Crippen LogP contribution in [0.1, 0.15) is 0 Å². The summed E-state index contributed by atoms with van der Waals surface area (Å²) in [7, 11) is 0. The van der Waals surface area contributed by atoms with Crippen LogP contribution in [0.25, 0.3) is 0 Å². The fourth-order valence-corrected chi connectivity index (χ4v) is 3.13. The zero-order valence-electron chi connectivity index (χ0n) is 16.0. The van der Waals surface area contributed by atoms with Gasteiger partial charge in [-0.1, -0.05) is 0 Å². The molecule has 1 aromatic heterocycles. The molecule has 12 heteroatoms. The molecule has 0 spiro atoms. The van der Waals surface area contributed by atoms with Gasteiger partial charge in [0.1, 0.15) is 34.7 Å². The van der Waals surface area contributed by atoms with Gasteiger partial charge in [-0.15, -0.1) is 15.0 Å². The predicted molar refractivity (Wildman–Crippen MR) is 122 cm³/mol. The zero-order valence-corrected chi connectivity index (χ0v) is 20.8. The summed E-state index contributed by atoms with van der Waals surface area (Å²) in [6, 6.07) is 11.2. The lowest BCUT2D eigenvalue weighted by Crippen LogP contribution is -2.01. The van der Waals surface area contributed by atoms with E-state index in [9.17, 15) is 13.2 Å². The largest absolute Gasteiger partial charge is 0.424 e. The van der Waals surface area contributed by atoms with Gasteiger partial charge in [0.25, 0.3) is 0 Å². The normalized spacial score (nSPS) is 10.7. The first-order chi connectivity index (χ1) is 15.8. The highest BCUT2D eigenvalue weighted by atomic mass is 79.9. The van der Waals surface area contributed by atoms with Crippen LogP contribution >= 0.6 is 47.8 Å². The Kier molecular flexibility index (Phi) is 7.15. The van der Waals surface area contributed by atoms with Crippen LogP contribution in [0.4, 0.5) is 13.2 Å². The van der Waals surface area contributed by atoms with Crippen molar-refractivity contribution in [3.05, 3.63) is 85.5 Å². The van der Waals surface area contributed by atoms with E-state index in [1.54, 1.807) is 0 Å². The minimum Gasteiger partial charge on any atom is -0.424 e. The Hall–Kier alpha value is -2.70. The van der Waals surface area contributed by atoms with Crippen LogP contribution in [-0.2, 0) is 0 Å². The molecule has 1 heterocycles. The topological polar surface area (TPSA) is 66.4 Å². The quantitative estimate of drug-likeness (QED) is 0.212. The van der Waals surface area contributed by atoms with Gasteiger partial charge in [0.05, 0.1) is 13.4 Å². The van der Waals surface area contributed by atoms with Crippen molar-refractivity contribution >= 4 is 47.8 Å². The van der Waals surface area contributed by atoms with E-state index in [2.05, 4.69) is 62.7 Å². The van der Waals surface area contributed by atoms with E-state index in [-0.39, 0.29) is 48.7 Å². The Labute approximate surface area is 210 Å². The van der Waals surface area contributed by atoms with Gasteiger partial charge < -0.3 is 14.2 Å². The highest BCUT2D eigenvalue weighted by Crippen LogP contribution is 2.30. The first-order valence-corrected chi connectivity index (χ1v) is 11.3. The van der Waals surface area contributed by atoms with Gasteiger partial charge in [-0.2, -0.15) is 0 Å². The van der Waals surface area contributed by atoms with E-state index in [0.717, 1.165) is 18.2 Å². The number of hydrogen-bond donors (Lipinski definition) is 0. The summed E-state index contributed by atoms with van der Waals surface area (Å²) in [5.41, 5.74) is 0. The van der Waals surface area contributed by atoms with Gasteiger partial charge in [0.2, 0.25) is 0 Å². The number of aromatic nitrogens is 3. The van der Waals surface area contributed by atoms with Crippen LogP contribution in [0.15, 0.2) is 68.0 Å². The Morgan fingerprint density at radius 1 is 0.485 bits per heavy atom. The van der Waals surface area contributed by atoms with Crippen molar-refractivity contribution < 1.29 is 27.4 Å². The molecule has 0 unspecified atom stereocenters. The highest BCUT2D eigenvalue weighted by molar-refractivity contribution is 9.11. The van der Waals surface area contributed by atoms with Gasteiger partial charge in [-0.05, 0) is 84.2 Å². The summed E-state index contributed by atoms with van der Waals surface area (Å²) >= 11 is 9.16. The molecule has 0 saturated heterocycles. The summed E-state index contributed by atoms with van der Waals surface area (Å²) in [4.78, 5) is 12.0. The van der Waals surface area contributed by atoms with Gasteiger partial charge in [-0.3, -0.25) is 0 Å². The van der Waals surface area contributed by atoms with Gasteiger partial charge in [0.15, 0.2) is 0 Å². The fraction of sp³-hybridized carbons (Fsp3) is 0. The zero-order chi connectivity index (χ0) is 23.5. The van der Waals surface area contributed by atoms with Crippen LogP contribution in [0.5, 0.6) is 35.3 Å². The van der Waals surface area contributed by atoms with Crippen molar-refractivity contribution in [1.29, 1.82) is 0 Å². The monoisotopic (exact) mass is 645 g/mol. The summed E-state index contributed by atoms with van der Waals surface area (Å²) in [6.07, 6.45) is 0. The molecule has 33 heavy (non-hydrogen) atoms. The first kappa shape index (κ1) is 23.5. The second-order valence-corrected chi connectivity index (χ2v) is 8.78. The minimum atomic E-state index is -0.565. The molecule has 4 aromatic rings. The molecular formula is C21H9Br3F3N3O3. The van der Waals surface area contributed by atoms with Crippen molar-refractivity contribution in [2.45, 2.75) is 0 Å². The third-order valence-corrected chi connectivity index (χ3v) is 5.80. The number of hydrogen-bond acceptors (Lipinski definition) is 6. The summed E-state index contributed by atoms with van der Waals surface area (Å²) in [6.45, 7) is 0. The molecule has 0 aliphatic carbocycles. The van der Waals surface area contributed by atoms with Gasteiger partial charge >= 0.3 is 18.0 Å². The Bertz CT molecular complexity index is 1170. The van der Waals surface area contributed by atoms with E-state index in [1.807, 2.05) is 0 Å². The second-order valence-electron chi connectivity index (χ2n) is 6.22. The number of nitrogens with zero attached hydrogens (tertiary/aromatic N) is 3. The maximum Gasteiger partial charge on any atom is 0.331 e. The number of halogens is 6. The first-order valence-electron chi connectivity index (χ1n) is 8.91. The van der Waals surface area contributed by atoms with Crippen molar-refractivity contribution in [3.8, 4) is 35.3 Å². The smallest absolute Gasteiger partial charge is 0.331 e. The number of rotatable bonds is 6. The summed E-state index contributed by atoms with van der Waals surface area (Å²) in [5.74, 6) is -1.44. The van der Waals surface area contributed by atoms with E-state index < -0.39 is 17.5 Å². The standard InChI is InChI=1S/C21H9Br3F3N3O3/c22-13-4-1-10(7-16(13)25)31-19-28-20(32-11-2-5-14(23)17(26)8-11)30-21(29-19)33-12-3-6-15(24)18(27)9-12/h1-9H. The Balaban J connectivity index is 1.68. The molecule has 0 radical (unpaired) electrons. The summed E-state index contributed by atoms with van der Waals surface area (Å²) in [5, 5.41) is 0. The minimum absolute atomic E-state index is 0.0863. The Morgan fingerprint density at radius 3 is 1.00 bits per heavy atom. The van der Waals surface area contributed by atoms with Crippen molar-refractivity contribution in [2.75, 3.05) is 0 Å². The third-order valence-electron chi connectivity index (χ3n) is 3.87. The van der Waals surface area contributed by atoms with Gasteiger partial charge in [-0.25, -0.2) is 13.2 Å². The SMILES string of the molecule is Fc1cc(Oc2nc(Oc3ccc(Br)c(F)c3)nc(Oc3ccc(Br)c(F)c3)n2)ccc1Br. The van der Waals surface area contributed by atoms with Crippen molar-refractivity contribution in [1.82, 2.24) is 15.0 Å². The van der Waals surface area contributed by atoms with Crippen LogP contribution < -0.4 is 14.2 Å². The molecule has 0 amide bonds. The fourth-order valence-electron chi connectivity index (χ4n) is 2.39. The lowest BCUT2D eigenvalue weighted by atomic mass is 10.3. The number of benzene rings is 3. The van der Waals surface area contributed by atoms with Crippen LogP contribution in [0.2, 0.25) is 0 Å². The Morgan fingerprint density at radius 2 is 0.758 bits per heavy atom. The van der Waals surface area contributed by atoms with E-state index >= 15 is 0 Å². The highest BCUT2D eigenvalue weighted by Gasteiger charge is 2.15. The molecule has 3 aromatic carbocycles.